The fourth-order valence-corrected chi connectivity index (χ4v) is 3.23. The fraction of sp³-hybridized carbons (Fsp3) is 0.125. The molecule has 0 amide bonds. The molecule has 100 valence electrons. The first-order chi connectivity index (χ1) is 9.63. The number of hydrogen-bond acceptors (Lipinski definition) is 3. The highest BCUT2D eigenvalue weighted by Crippen LogP contribution is 2.23. The van der Waals surface area contributed by atoms with Crippen LogP contribution < -0.4 is 0 Å². The van der Waals surface area contributed by atoms with E-state index in [1.807, 2.05) is 49.4 Å². The zero-order valence-corrected chi connectivity index (χ0v) is 12.5. The summed E-state index contributed by atoms with van der Waals surface area (Å²) in [5, 5.41) is 1.26. The predicted octanol–water partition coefficient (Wildman–Crippen LogP) is 4.68. The molecule has 0 unspecified atom stereocenters. The van der Waals surface area contributed by atoms with Crippen LogP contribution in [0.1, 0.15) is 20.9 Å². The van der Waals surface area contributed by atoms with Crippen LogP contribution in [-0.2, 0) is 6.42 Å². The smallest absolute Gasteiger partial charge is 0.195 e. The molecule has 0 saturated carbocycles. The van der Waals surface area contributed by atoms with Gasteiger partial charge in [0, 0.05) is 11.4 Å². The van der Waals surface area contributed by atoms with Crippen molar-refractivity contribution in [3.8, 4) is 0 Å². The Labute approximate surface area is 126 Å². The molecule has 20 heavy (non-hydrogen) atoms. The molecular weight excluding hydrogens is 290 g/mol. The number of hydrogen-bond donors (Lipinski definition) is 0. The van der Waals surface area contributed by atoms with Gasteiger partial charge in [0.2, 0.25) is 0 Å². The second kappa shape index (κ2) is 5.35. The summed E-state index contributed by atoms with van der Waals surface area (Å²) in [6.45, 7) is 1.97. The van der Waals surface area contributed by atoms with Crippen LogP contribution in [0.15, 0.2) is 42.5 Å². The number of halogens is 1. The average molecular weight is 302 g/mol. The van der Waals surface area contributed by atoms with Crippen molar-refractivity contribution in [1.82, 2.24) is 4.98 Å². The van der Waals surface area contributed by atoms with Crippen LogP contribution in [0.5, 0.6) is 0 Å². The molecule has 4 heteroatoms. The summed E-state index contributed by atoms with van der Waals surface area (Å²) in [5.74, 6) is 0.0524. The lowest BCUT2D eigenvalue weighted by atomic mass is 10.0. The molecule has 0 aliphatic heterocycles. The number of fused-ring (bicyclic) bond motifs is 1. The molecule has 0 aliphatic carbocycles. The van der Waals surface area contributed by atoms with E-state index in [1.54, 1.807) is 0 Å². The van der Waals surface area contributed by atoms with Crippen LogP contribution in [-0.4, -0.2) is 10.8 Å². The summed E-state index contributed by atoms with van der Waals surface area (Å²) in [4.78, 5) is 16.7. The van der Waals surface area contributed by atoms with Crippen LogP contribution in [0.3, 0.4) is 0 Å². The molecule has 2 nitrogen and oxygen atoms in total. The number of nitrogens with zero attached hydrogens (tertiary/aromatic N) is 1. The zero-order valence-electron chi connectivity index (χ0n) is 10.9. The van der Waals surface area contributed by atoms with E-state index in [2.05, 4.69) is 4.98 Å². The number of rotatable bonds is 3. The highest BCUT2D eigenvalue weighted by molar-refractivity contribution is 7.20. The van der Waals surface area contributed by atoms with Gasteiger partial charge in [0.25, 0.3) is 0 Å². The quantitative estimate of drug-likeness (QED) is 0.657. The molecule has 0 bridgehead atoms. The molecule has 1 aromatic heterocycles. The number of benzene rings is 2. The number of carbonyl (C=O) groups excluding carboxylic acids is 1. The predicted molar refractivity (Wildman–Crippen MR) is 83.8 cm³/mol. The van der Waals surface area contributed by atoms with Gasteiger partial charge in [0.1, 0.15) is 0 Å². The maximum atomic E-state index is 12.3. The van der Waals surface area contributed by atoms with Crippen LogP contribution in [0, 0.1) is 6.92 Å². The normalized spacial score (nSPS) is 10.9. The van der Waals surface area contributed by atoms with Crippen molar-refractivity contribution in [3.05, 3.63) is 63.6 Å². The second-order valence-corrected chi connectivity index (χ2v) is 6.12. The highest BCUT2D eigenvalue weighted by Gasteiger charge is 2.13. The zero-order chi connectivity index (χ0) is 14.1. The fourth-order valence-electron chi connectivity index (χ4n) is 2.10. The molecule has 0 spiro atoms. The van der Waals surface area contributed by atoms with E-state index in [9.17, 15) is 4.79 Å². The lowest BCUT2D eigenvalue weighted by Gasteiger charge is -2.04. The third-order valence-electron chi connectivity index (χ3n) is 3.19. The molecular formula is C16H12ClNOS. The molecule has 0 fully saturated rings. The number of thiazole rings is 1. The minimum Gasteiger partial charge on any atom is -0.291 e. The van der Waals surface area contributed by atoms with Gasteiger partial charge in [-0.05, 0) is 42.3 Å². The van der Waals surface area contributed by atoms with Gasteiger partial charge in [0.15, 0.2) is 10.8 Å². The first-order valence-corrected chi connectivity index (χ1v) is 7.47. The molecule has 0 N–H and O–H groups in total. The number of ketones is 1. The van der Waals surface area contributed by atoms with E-state index in [0.29, 0.717) is 16.5 Å². The van der Waals surface area contributed by atoms with Gasteiger partial charge in [-0.15, -0.1) is 11.3 Å². The van der Waals surface area contributed by atoms with E-state index in [-0.39, 0.29) is 5.78 Å². The van der Waals surface area contributed by atoms with E-state index in [1.165, 1.54) is 11.3 Å². The number of carbonyl (C=O) groups is 1. The third-order valence-corrected chi connectivity index (χ3v) is 4.50. The molecule has 0 saturated heterocycles. The number of aromatic nitrogens is 1. The van der Waals surface area contributed by atoms with Crippen molar-refractivity contribution in [2.24, 2.45) is 0 Å². The average Bonchev–Trinajstić information content (AvgIpc) is 2.86. The summed E-state index contributed by atoms with van der Waals surface area (Å²) in [7, 11) is 0. The number of aryl methyl sites for hydroxylation is 1. The van der Waals surface area contributed by atoms with E-state index >= 15 is 0 Å². The summed E-state index contributed by atoms with van der Waals surface area (Å²) in [6.07, 6.45) is 0.364. The molecule has 0 aliphatic rings. The SMILES string of the molecule is Cc1cc(Cl)ccc1CC(=O)c1nc2ccccc2s1. The summed E-state index contributed by atoms with van der Waals surface area (Å²) < 4.78 is 1.05. The Kier molecular flexibility index (Phi) is 3.55. The monoisotopic (exact) mass is 301 g/mol. The topological polar surface area (TPSA) is 30.0 Å². The van der Waals surface area contributed by atoms with Crippen molar-refractivity contribution < 1.29 is 4.79 Å². The van der Waals surface area contributed by atoms with Gasteiger partial charge in [-0.3, -0.25) is 4.79 Å². The Bertz CT molecular complexity index is 761. The molecule has 1 heterocycles. The first kappa shape index (κ1) is 13.3. The van der Waals surface area contributed by atoms with Crippen LogP contribution in [0.4, 0.5) is 0 Å². The highest BCUT2D eigenvalue weighted by atomic mass is 35.5. The number of para-hydroxylation sites is 1. The summed E-state index contributed by atoms with van der Waals surface area (Å²) in [5.41, 5.74) is 2.92. The first-order valence-electron chi connectivity index (χ1n) is 6.27. The summed E-state index contributed by atoms with van der Waals surface area (Å²) >= 11 is 7.38. The van der Waals surface area contributed by atoms with Crippen molar-refractivity contribution >= 4 is 38.9 Å². The van der Waals surface area contributed by atoms with Gasteiger partial charge in [0.05, 0.1) is 10.2 Å². The van der Waals surface area contributed by atoms with Gasteiger partial charge < -0.3 is 0 Å². The largest absolute Gasteiger partial charge is 0.291 e. The van der Waals surface area contributed by atoms with Crippen molar-refractivity contribution in [2.75, 3.05) is 0 Å². The Balaban J connectivity index is 1.89. The Morgan fingerprint density at radius 3 is 2.80 bits per heavy atom. The van der Waals surface area contributed by atoms with E-state index in [0.717, 1.165) is 21.3 Å². The molecule has 0 atom stereocenters. The maximum Gasteiger partial charge on any atom is 0.195 e. The van der Waals surface area contributed by atoms with Crippen molar-refractivity contribution in [2.45, 2.75) is 13.3 Å². The Morgan fingerprint density at radius 1 is 1.25 bits per heavy atom. The van der Waals surface area contributed by atoms with Gasteiger partial charge >= 0.3 is 0 Å². The Hall–Kier alpha value is -1.71. The minimum absolute atomic E-state index is 0.0524. The Morgan fingerprint density at radius 2 is 2.05 bits per heavy atom. The summed E-state index contributed by atoms with van der Waals surface area (Å²) in [6, 6.07) is 13.4. The van der Waals surface area contributed by atoms with Gasteiger partial charge in [-0.2, -0.15) is 0 Å². The van der Waals surface area contributed by atoms with Crippen molar-refractivity contribution in [1.29, 1.82) is 0 Å². The van der Waals surface area contributed by atoms with Crippen LogP contribution >= 0.6 is 22.9 Å². The molecule has 0 radical (unpaired) electrons. The van der Waals surface area contributed by atoms with Crippen molar-refractivity contribution in [3.63, 3.8) is 0 Å². The molecule has 3 rings (SSSR count). The standard InChI is InChI=1S/C16H12ClNOS/c1-10-8-12(17)7-6-11(10)9-14(19)16-18-13-4-2-3-5-15(13)20-16/h2-8H,9H2,1H3. The maximum absolute atomic E-state index is 12.3. The van der Waals surface area contributed by atoms with Crippen LogP contribution in [0.25, 0.3) is 10.2 Å². The molecule has 2 aromatic carbocycles. The lowest BCUT2D eigenvalue weighted by molar-refractivity contribution is 0.0992. The molecule has 3 aromatic rings. The van der Waals surface area contributed by atoms with Gasteiger partial charge in [-0.1, -0.05) is 29.8 Å². The van der Waals surface area contributed by atoms with Gasteiger partial charge in [-0.25, -0.2) is 4.98 Å². The number of Topliss-reactive ketones (excluding diaryl/α,β-unsaturated/α-hetero) is 1. The van der Waals surface area contributed by atoms with E-state index < -0.39 is 0 Å². The third kappa shape index (κ3) is 2.60. The van der Waals surface area contributed by atoms with Crippen LogP contribution in [0.2, 0.25) is 5.02 Å². The minimum atomic E-state index is 0.0524. The van der Waals surface area contributed by atoms with E-state index in [4.69, 9.17) is 11.6 Å². The lowest BCUT2D eigenvalue weighted by Crippen LogP contribution is -2.04. The second-order valence-electron chi connectivity index (χ2n) is 4.66.